The first-order valence-electron chi connectivity index (χ1n) is 2.86. The summed E-state index contributed by atoms with van der Waals surface area (Å²) in [5.41, 5.74) is 0.300. The summed E-state index contributed by atoms with van der Waals surface area (Å²) in [4.78, 5) is 0. The van der Waals surface area contributed by atoms with Crippen LogP contribution in [-0.4, -0.2) is 0 Å². The first-order valence-corrected chi connectivity index (χ1v) is 2.86. The fraction of sp³-hybridized carbons (Fsp3) is 0.500. The molecule has 0 saturated heterocycles. The summed E-state index contributed by atoms with van der Waals surface area (Å²) >= 11 is 0. The van der Waals surface area contributed by atoms with Gasteiger partial charge < -0.3 is 0 Å². The monoisotopic (exact) mass is 110 g/mol. The molecule has 0 aromatic rings. The van der Waals surface area contributed by atoms with Crippen LogP contribution in [0.4, 0.5) is 0 Å². The van der Waals surface area contributed by atoms with Crippen molar-refractivity contribution >= 4 is 0 Å². The van der Waals surface area contributed by atoms with E-state index in [1.165, 1.54) is 0 Å². The molecule has 0 unspecified atom stereocenters. The molecule has 0 bridgehead atoms. The van der Waals surface area contributed by atoms with Crippen molar-refractivity contribution in [2.24, 2.45) is 5.41 Å². The van der Waals surface area contributed by atoms with Crippen molar-refractivity contribution in [1.82, 2.24) is 0 Å². The van der Waals surface area contributed by atoms with Crippen LogP contribution in [0, 0.1) is 5.41 Å². The van der Waals surface area contributed by atoms with Gasteiger partial charge in [-0.15, -0.1) is 0 Å². The minimum Gasteiger partial charge on any atom is -0.0991 e. The van der Waals surface area contributed by atoms with Crippen molar-refractivity contribution in [1.29, 1.82) is 0 Å². The Kier molecular flexibility index (Phi) is 2.53. The van der Waals surface area contributed by atoms with Crippen molar-refractivity contribution in [3.8, 4) is 0 Å². The van der Waals surface area contributed by atoms with Crippen LogP contribution in [0.1, 0.15) is 20.8 Å². The number of rotatable bonds is 1. The Balaban J connectivity index is 3.69. The van der Waals surface area contributed by atoms with Gasteiger partial charge in [-0.25, -0.2) is 0 Å². The van der Waals surface area contributed by atoms with Gasteiger partial charge in [-0.3, -0.25) is 0 Å². The molecule has 0 aliphatic heterocycles. The lowest BCUT2D eigenvalue weighted by Gasteiger charge is -2.09. The third-order valence-electron chi connectivity index (χ3n) is 0.732. The van der Waals surface area contributed by atoms with Crippen LogP contribution in [0.2, 0.25) is 0 Å². The predicted octanol–water partition coefficient (Wildman–Crippen LogP) is 2.77. The van der Waals surface area contributed by atoms with Crippen LogP contribution >= 0.6 is 0 Å². The molecule has 46 valence electrons. The predicted molar refractivity (Wildman–Crippen MR) is 38.8 cm³/mol. The van der Waals surface area contributed by atoms with Gasteiger partial charge in [0.25, 0.3) is 0 Å². The third kappa shape index (κ3) is 5.48. The van der Waals surface area contributed by atoms with E-state index in [4.69, 9.17) is 0 Å². The summed E-state index contributed by atoms with van der Waals surface area (Å²) in [6.07, 6.45) is 5.89. The van der Waals surface area contributed by atoms with Crippen molar-refractivity contribution < 1.29 is 0 Å². The Hall–Kier alpha value is -0.520. The molecule has 0 heteroatoms. The van der Waals surface area contributed by atoms with Gasteiger partial charge in [-0.1, -0.05) is 45.6 Å². The van der Waals surface area contributed by atoms with Crippen LogP contribution in [0.15, 0.2) is 24.8 Å². The lowest BCUT2D eigenvalue weighted by molar-refractivity contribution is 0.544. The molecular weight excluding hydrogens is 96.1 g/mol. The number of allylic oxidation sites excluding steroid dienone is 3. The Bertz CT molecular complexity index is 91.1. The Morgan fingerprint density at radius 3 is 1.88 bits per heavy atom. The lowest BCUT2D eigenvalue weighted by Crippen LogP contribution is -1.97. The SMILES string of the molecule is C=C/C=C\C(C)(C)C. The highest BCUT2D eigenvalue weighted by molar-refractivity contribution is 5.02. The van der Waals surface area contributed by atoms with Gasteiger partial charge in [0.05, 0.1) is 0 Å². The fourth-order valence-corrected chi connectivity index (χ4v) is 0.357. The van der Waals surface area contributed by atoms with Crippen molar-refractivity contribution in [2.75, 3.05) is 0 Å². The second-order valence-electron chi connectivity index (χ2n) is 2.96. The highest BCUT2D eigenvalue weighted by Gasteiger charge is 2.01. The van der Waals surface area contributed by atoms with Crippen LogP contribution in [0.5, 0.6) is 0 Å². The maximum absolute atomic E-state index is 3.58. The average Bonchev–Trinajstić information content (AvgIpc) is 1.59. The molecule has 0 aromatic carbocycles. The van der Waals surface area contributed by atoms with E-state index >= 15 is 0 Å². The smallest absolute Gasteiger partial charge is 0.0200 e. The van der Waals surface area contributed by atoms with Crippen molar-refractivity contribution in [2.45, 2.75) is 20.8 Å². The fourth-order valence-electron chi connectivity index (χ4n) is 0.357. The van der Waals surface area contributed by atoms with Gasteiger partial charge in [0.2, 0.25) is 0 Å². The van der Waals surface area contributed by atoms with Crippen molar-refractivity contribution in [3.05, 3.63) is 24.8 Å². The molecule has 0 nitrogen and oxygen atoms in total. The van der Waals surface area contributed by atoms with E-state index in [0.717, 1.165) is 0 Å². The lowest BCUT2D eigenvalue weighted by atomic mass is 9.96. The van der Waals surface area contributed by atoms with Crippen LogP contribution in [-0.2, 0) is 0 Å². The summed E-state index contributed by atoms with van der Waals surface area (Å²) < 4.78 is 0. The molecular formula is C8H14. The minimum absolute atomic E-state index is 0.300. The van der Waals surface area contributed by atoms with Gasteiger partial charge in [0, 0.05) is 0 Å². The van der Waals surface area contributed by atoms with E-state index in [1.807, 2.05) is 6.08 Å². The molecule has 0 aromatic heterocycles. The molecule has 0 saturated carbocycles. The standard InChI is InChI=1S/C8H14/c1-5-6-7-8(2,3)4/h5-7H,1H2,2-4H3/b7-6-. The Morgan fingerprint density at radius 2 is 1.75 bits per heavy atom. The normalized spacial score (nSPS) is 12.4. The van der Waals surface area contributed by atoms with E-state index in [0.29, 0.717) is 5.41 Å². The van der Waals surface area contributed by atoms with E-state index in [2.05, 4.69) is 33.4 Å². The zero-order chi connectivity index (χ0) is 6.62. The molecule has 8 heavy (non-hydrogen) atoms. The minimum atomic E-state index is 0.300. The van der Waals surface area contributed by atoms with E-state index in [-0.39, 0.29) is 0 Å². The largest absolute Gasteiger partial charge is 0.0991 e. The Morgan fingerprint density at radius 1 is 1.25 bits per heavy atom. The first-order chi connectivity index (χ1) is 3.56. The summed E-state index contributed by atoms with van der Waals surface area (Å²) in [6.45, 7) is 10.1. The third-order valence-corrected chi connectivity index (χ3v) is 0.732. The van der Waals surface area contributed by atoms with Crippen LogP contribution in [0.25, 0.3) is 0 Å². The zero-order valence-corrected chi connectivity index (χ0v) is 5.94. The van der Waals surface area contributed by atoms with E-state index in [1.54, 1.807) is 6.08 Å². The highest BCUT2D eigenvalue weighted by atomic mass is 14.1. The van der Waals surface area contributed by atoms with Gasteiger partial charge in [0.1, 0.15) is 0 Å². The summed E-state index contributed by atoms with van der Waals surface area (Å²) in [5, 5.41) is 0. The number of hydrogen-bond donors (Lipinski definition) is 0. The maximum atomic E-state index is 3.58. The molecule has 0 aliphatic rings. The second kappa shape index (κ2) is 2.71. The molecule has 0 spiro atoms. The summed E-state index contributed by atoms with van der Waals surface area (Å²) in [6, 6.07) is 0. The van der Waals surface area contributed by atoms with E-state index < -0.39 is 0 Å². The first kappa shape index (κ1) is 7.48. The highest BCUT2D eigenvalue weighted by Crippen LogP contribution is 2.13. The zero-order valence-electron chi connectivity index (χ0n) is 5.94. The molecule has 0 N–H and O–H groups in total. The van der Waals surface area contributed by atoms with Crippen molar-refractivity contribution in [3.63, 3.8) is 0 Å². The molecule has 0 rings (SSSR count). The Labute approximate surface area is 51.9 Å². The molecule has 0 fully saturated rings. The topological polar surface area (TPSA) is 0 Å². The van der Waals surface area contributed by atoms with Crippen LogP contribution in [0.3, 0.4) is 0 Å². The molecule has 0 heterocycles. The summed E-state index contributed by atoms with van der Waals surface area (Å²) in [5.74, 6) is 0. The molecule has 0 aliphatic carbocycles. The van der Waals surface area contributed by atoms with Gasteiger partial charge in [0.15, 0.2) is 0 Å². The van der Waals surface area contributed by atoms with Gasteiger partial charge >= 0.3 is 0 Å². The molecule has 0 amide bonds. The maximum Gasteiger partial charge on any atom is -0.0200 e. The molecule has 0 radical (unpaired) electrons. The van der Waals surface area contributed by atoms with Gasteiger partial charge in [-0.2, -0.15) is 0 Å². The second-order valence-corrected chi connectivity index (χ2v) is 2.96. The van der Waals surface area contributed by atoms with Crippen LogP contribution < -0.4 is 0 Å². The van der Waals surface area contributed by atoms with E-state index in [9.17, 15) is 0 Å². The number of hydrogen-bond acceptors (Lipinski definition) is 0. The average molecular weight is 110 g/mol. The quantitative estimate of drug-likeness (QED) is 0.455. The molecule has 0 atom stereocenters. The summed E-state index contributed by atoms with van der Waals surface area (Å²) in [7, 11) is 0. The van der Waals surface area contributed by atoms with Gasteiger partial charge in [-0.05, 0) is 5.41 Å².